The van der Waals surface area contributed by atoms with Gasteiger partial charge in [0.05, 0.1) is 0 Å². The van der Waals surface area contributed by atoms with E-state index in [9.17, 15) is 4.39 Å². The molecule has 1 aliphatic heterocycles. The molecule has 3 rings (SSSR count). The van der Waals surface area contributed by atoms with Crippen LogP contribution < -0.4 is 4.90 Å². The molecule has 0 radical (unpaired) electrons. The van der Waals surface area contributed by atoms with E-state index in [1.807, 2.05) is 36.5 Å². The normalized spacial score (nSPS) is 16.4. The smallest absolute Gasteiger partial charge is 0.128 e. The summed E-state index contributed by atoms with van der Waals surface area (Å²) in [4.78, 5) is 8.94. The van der Waals surface area contributed by atoms with E-state index in [-0.39, 0.29) is 5.82 Å². The van der Waals surface area contributed by atoms with Gasteiger partial charge in [0.15, 0.2) is 0 Å². The summed E-state index contributed by atoms with van der Waals surface area (Å²) in [7, 11) is 0. The van der Waals surface area contributed by atoms with Gasteiger partial charge in [0.1, 0.15) is 11.6 Å². The molecule has 1 aliphatic rings. The van der Waals surface area contributed by atoms with E-state index in [4.69, 9.17) is 0 Å². The average Bonchev–Trinajstić information content (AvgIpc) is 2.51. The van der Waals surface area contributed by atoms with Gasteiger partial charge in [-0.25, -0.2) is 9.37 Å². The second kappa shape index (κ2) is 6.01. The number of anilines is 1. The van der Waals surface area contributed by atoms with Gasteiger partial charge in [-0.3, -0.25) is 4.90 Å². The third-order valence-corrected chi connectivity index (χ3v) is 3.70. The summed E-state index contributed by atoms with van der Waals surface area (Å²) in [5, 5.41) is 0. The molecule has 0 atom stereocenters. The SMILES string of the molecule is Fc1ccccc1CN1CCN(c2ccccn2)CC1. The molecule has 2 aromatic rings. The van der Waals surface area contributed by atoms with Crippen molar-refractivity contribution in [2.24, 2.45) is 0 Å². The maximum atomic E-state index is 13.6. The lowest BCUT2D eigenvalue weighted by molar-refractivity contribution is 0.246. The minimum atomic E-state index is -0.111. The zero-order valence-corrected chi connectivity index (χ0v) is 11.4. The van der Waals surface area contributed by atoms with Crippen LogP contribution in [0.5, 0.6) is 0 Å². The molecule has 3 nitrogen and oxygen atoms in total. The van der Waals surface area contributed by atoms with Crippen molar-refractivity contribution in [2.45, 2.75) is 6.54 Å². The highest BCUT2D eigenvalue weighted by Crippen LogP contribution is 2.15. The van der Waals surface area contributed by atoms with Crippen molar-refractivity contribution in [3.05, 3.63) is 60.0 Å². The van der Waals surface area contributed by atoms with Crippen LogP contribution in [0.3, 0.4) is 0 Å². The van der Waals surface area contributed by atoms with E-state index in [1.54, 1.807) is 6.07 Å². The van der Waals surface area contributed by atoms with Crippen molar-refractivity contribution in [2.75, 3.05) is 31.1 Å². The van der Waals surface area contributed by atoms with Gasteiger partial charge in [0, 0.05) is 44.5 Å². The quantitative estimate of drug-likeness (QED) is 0.855. The topological polar surface area (TPSA) is 19.4 Å². The van der Waals surface area contributed by atoms with Gasteiger partial charge in [-0.15, -0.1) is 0 Å². The summed E-state index contributed by atoms with van der Waals surface area (Å²) < 4.78 is 13.6. The summed E-state index contributed by atoms with van der Waals surface area (Å²) in [5.74, 6) is 0.915. The van der Waals surface area contributed by atoms with Crippen molar-refractivity contribution < 1.29 is 4.39 Å². The molecule has 1 saturated heterocycles. The van der Waals surface area contributed by atoms with Crippen LogP contribution in [0, 0.1) is 5.82 Å². The predicted octanol–water partition coefficient (Wildman–Crippen LogP) is 2.54. The lowest BCUT2D eigenvalue weighted by Gasteiger charge is -2.35. The fourth-order valence-corrected chi connectivity index (χ4v) is 2.54. The minimum Gasteiger partial charge on any atom is -0.354 e. The Balaban J connectivity index is 1.58. The van der Waals surface area contributed by atoms with Gasteiger partial charge in [-0.2, -0.15) is 0 Å². The highest BCUT2D eigenvalue weighted by molar-refractivity contribution is 5.38. The Morgan fingerprint density at radius 2 is 1.70 bits per heavy atom. The Hall–Kier alpha value is -1.94. The van der Waals surface area contributed by atoms with Crippen LogP contribution in [0.25, 0.3) is 0 Å². The fraction of sp³-hybridized carbons (Fsp3) is 0.312. The minimum absolute atomic E-state index is 0.111. The zero-order chi connectivity index (χ0) is 13.8. The van der Waals surface area contributed by atoms with Crippen molar-refractivity contribution in [3.8, 4) is 0 Å². The second-order valence-corrected chi connectivity index (χ2v) is 5.04. The van der Waals surface area contributed by atoms with Crippen molar-refractivity contribution in [1.82, 2.24) is 9.88 Å². The summed E-state index contributed by atoms with van der Waals surface area (Å²) in [6, 6.07) is 13.0. The van der Waals surface area contributed by atoms with Gasteiger partial charge >= 0.3 is 0 Å². The molecule has 1 aromatic carbocycles. The molecule has 0 amide bonds. The standard InChI is InChI=1S/C16H18FN3/c17-15-6-2-1-5-14(15)13-19-9-11-20(12-10-19)16-7-3-4-8-18-16/h1-8H,9-13H2. The van der Waals surface area contributed by atoms with Crippen LogP contribution in [0.1, 0.15) is 5.56 Å². The maximum Gasteiger partial charge on any atom is 0.128 e. The first-order chi connectivity index (χ1) is 9.83. The Morgan fingerprint density at radius 1 is 0.950 bits per heavy atom. The second-order valence-electron chi connectivity index (χ2n) is 5.04. The zero-order valence-electron chi connectivity index (χ0n) is 11.4. The Kier molecular flexibility index (Phi) is 3.92. The number of benzene rings is 1. The van der Waals surface area contributed by atoms with Gasteiger partial charge < -0.3 is 4.90 Å². The van der Waals surface area contributed by atoms with Crippen LogP contribution in [-0.2, 0) is 6.54 Å². The molecule has 0 bridgehead atoms. The van der Waals surface area contributed by atoms with Crippen LogP contribution in [0.2, 0.25) is 0 Å². The molecule has 4 heteroatoms. The number of aromatic nitrogens is 1. The molecule has 2 heterocycles. The fourth-order valence-electron chi connectivity index (χ4n) is 2.54. The Labute approximate surface area is 118 Å². The molecule has 0 unspecified atom stereocenters. The first-order valence-corrected chi connectivity index (χ1v) is 6.95. The van der Waals surface area contributed by atoms with E-state index < -0.39 is 0 Å². The summed E-state index contributed by atoms with van der Waals surface area (Å²) >= 11 is 0. The van der Waals surface area contributed by atoms with Gasteiger partial charge in [0.25, 0.3) is 0 Å². The first kappa shape index (κ1) is 13.1. The molecule has 20 heavy (non-hydrogen) atoms. The summed E-state index contributed by atoms with van der Waals surface area (Å²) in [6.07, 6.45) is 1.82. The third kappa shape index (κ3) is 2.96. The lowest BCUT2D eigenvalue weighted by Crippen LogP contribution is -2.46. The molecule has 1 fully saturated rings. The number of hydrogen-bond acceptors (Lipinski definition) is 3. The monoisotopic (exact) mass is 271 g/mol. The number of halogens is 1. The van der Waals surface area contributed by atoms with Gasteiger partial charge in [-0.05, 0) is 18.2 Å². The van der Waals surface area contributed by atoms with E-state index in [1.165, 1.54) is 6.07 Å². The number of pyridine rings is 1. The molecule has 1 aromatic heterocycles. The van der Waals surface area contributed by atoms with E-state index in [0.29, 0.717) is 6.54 Å². The highest BCUT2D eigenvalue weighted by atomic mass is 19.1. The van der Waals surface area contributed by atoms with Crippen LogP contribution >= 0.6 is 0 Å². The lowest BCUT2D eigenvalue weighted by atomic mass is 10.2. The molecule has 0 aliphatic carbocycles. The average molecular weight is 271 g/mol. The van der Waals surface area contributed by atoms with E-state index >= 15 is 0 Å². The maximum absolute atomic E-state index is 13.6. The Morgan fingerprint density at radius 3 is 2.40 bits per heavy atom. The number of piperazine rings is 1. The van der Waals surface area contributed by atoms with Crippen LogP contribution in [0.4, 0.5) is 10.2 Å². The number of rotatable bonds is 3. The van der Waals surface area contributed by atoms with Crippen LogP contribution in [-0.4, -0.2) is 36.1 Å². The molecular formula is C16H18FN3. The van der Waals surface area contributed by atoms with Crippen molar-refractivity contribution in [1.29, 1.82) is 0 Å². The van der Waals surface area contributed by atoms with Crippen molar-refractivity contribution >= 4 is 5.82 Å². The number of nitrogens with zero attached hydrogens (tertiary/aromatic N) is 3. The first-order valence-electron chi connectivity index (χ1n) is 6.95. The van der Waals surface area contributed by atoms with Crippen molar-refractivity contribution in [3.63, 3.8) is 0 Å². The highest BCUT2D eigenvalue weighted by Gasteiger charge is 2.18. The number of hydrogen-bond donors (Lipinski definition) is 0. The van der Waals surface area contributed by atoms with E-state index in [2.05, 4.69) is 14.8 Å². The summed E-state index contributed by atoms with van der Waals surface area (Å²) in [5.41, 5.74) is 0.777. The molecular weight excluding hydrogens is 253 g/mol. The third-order valence-electron chi connectivity index (χ3n) is 3.70. The Bertz CT molecular complexity index is 551. The largest absolute Gasteiger partial charge is 0.354 e. The van der Waals surface area contributed by atoms with Gasteiger partial charge in [0.2, 0.25) is 0 Å². The summed E-state index contributed by atoms with van der Waals surface area (Å²) in [6.45, 7) is 4.43. The molecule has 0 spiro atoms. The predicted molar refractivity (Wildman–Crippen MR) is 78.1 cm³/mol. The van der Waals surface area contributed by atoms with E-state index in [0.717, 1.165) is 37.6 Å². The molecule has 0 saturated carbocycles. The van der Waals surface area contributed by atoms with Gasteiger partial charge in [-0.1, -0.05) is 24.3 Å². The molecule has 0 N–H and O–H groups in total. The molecule has 104 valence electrons. The van der Waals surface area contributed by atoms with Crippen LogP contribution in [0.15, 0.2) is 48.7 Å².